The van der Waals surface area contributed by atoms with E-state index in [1.165, 1.54) is 0 Å². The van der Waals surface area contributed by atoms with Gasteiger partial charge in [-0.3, -0.25) is 9.59 Å². The summed E-state index contributed by atoms with van der Waals surface area (Å²) in [6.45, 7) is 1.92. The molecule has 1 aromatic carbocycles. The Balaban J connectivity index is 2.20. The van der Waals surface area contributed by atoms with Gasteiger partial charge in [0.15, 0.2) is 0 Å². The van der Waals surface area contributed by atoms with E-state index in [1.54, 1.807) is 18.2 Å². The van der Waals surface area contributed by atoms with Gasteiger partial charge in [-0.2, -0.15) is 0 Å². The molecule has 2 rings (SSSR count). The molecule has 1 amide bonds. The first-order chi connectivity index (χ1) is 10.4. The average Bonchev–Trinajstić information content (AvgIpc) is 2.45. The lowest BCUT2D eigenvalue weighted by molar-refractivity contribution is -0.148. The van der Waals surface area contributed by atoms with Gasteiger partial charge in [0.1, 0.15) is 0 Å². The first kappa shape index (κ1) is 16.8. The highest BCUT2D eigenvalue weighted by Gasteiger charge is 2.39. The van der Waals surface area contributed by atoms with Gasteiger partial charge in [-0.05, 0) is 37.0 Å². The maximum atomic E-state index is 12.5. The zero-order valence-corrected chi connectivity index (χ0v) is 13.6. The van der Waals surface area contributed by atoms with E-state index in [4.69, 9.17) is 23.2 Å². The monoisotopic (exact) mass is 341 g/mol. The van der Waals surface area contributed by atoms with Gasteiger partial charge in [-0.15, -0.1) is 0 Å². The molecule has 1 aliphatic carbocycles. The molecule has 0 heterocycles. The molecule has 3 unspecified atom stereocenters. The van der Waals surface area contributed by atoms with Gasteiger partial charge in [0.05, 0.1) is 11.8 Å². The lowest BCUT2D eigenvalue weighted by atomic mass is 9.74. The van der Waals surface area contributed by atoms with E-state index >= 15 is 0 Å². The summed E-state index contributed by atoms with van der Waals surface area (Å²) in [6.07, 6.45) is 4.86. The van der Waals surface area contributed by atoms with Crippen LogP contribution in [-0.2, 0) is 9.59 Å². The third-order valence-corrected chi connectivity index (χ3v) is 4.33. The molecule has 1 aromatic rings. The summed E-state index contributed by atoms with van der Waals surface area (Å²) in [6, 6.07) is 4.73. The highest BCUT2D eigenvalue weighted by Crippen LogP contribution is 2.34. The Labute approximate surface area is 139 Å². The summed E-state index contributed by atoms with van der Waals surface area (Å²) in [5.74, 6) is -2.73. The fraction of sp³-hybridized carbons (Fsp3) is 0.375. The summed E-state index contributed by atoms with van der Waals surface area (Å²) >= 11 is 11.8. The van der Waals surface area contributed by atoms with Crippen LogP contribution in [-0.4, -0.2) is 17.0 Å². The van der Waals surface area contributed by atoms with E-state index in [9.17, 15) is 14.7 Å². The van der Waals surface area contributed by atoms with Crippen molar-refractivity contribution in [2.45, 2.75) is 19.8 Å². The molecule has 0 aromatic heterocycles. The van der Waals surface area contributed by atoms with Gasteiger partial charge in [0.25, 0.3) is 0 Å². The Kier molecular flexibility index (Phi) is 5.48. The Morgan fingerprint density at radius 1 is 1.27 bits per heavy atom. The zero-order chi connectivity index (χ0) is 16.3. The van der Waals surface area contributed by atoms with E-state index in [-0.39, 0.29) is 11.8 Å². The third kappa shape index (κ3) is 3.81. The number of rotatable bonds is 4. The summed E-state index contributed by atoms with van der Waals surface area (Å²) in [7, 11) is 0. The van der Waals surface area contributed by atoms with Crippen LogP contribution in [0.4, 0.5) is 5.69 Å². The second kappa shape index (κ2) is 7.16. The summed E-state index contributed by atoms with van der Waals surface area (Å²) in [5, 5.41) is 13.0. The lowest BCUT2D eigenvalue weighted by Crippen LogP contribution is -2.39. The van der Waals surface area contributed by atoms with Gasteiger partial charge in [-0.1, -0.05) is 42.3 Å². The van der Waals surface area contributed by atoms with Crippen LogP contribution >= 0.6 is 23.2 Å². The molecule has 0 saturated heterocycles. The Morgan fingerprint density at radius 3 is 2.45 bits per heavy atom. The van der Waals surface area contributed by atoms with Crippen LogP contribution < -0.4 is 5.32 Å². The number of amides is 1. The Hall–Kier alpha value is -1.52. The van der Waals surface area contributed by atoms with Gasteiger partial charge in [-0.25, -0.2) is 0 Å². The van der Waals surface area contributed by atoms with Gasteiger partial charge >= 0.3 is 5.97 Å². The number of carbonyl (C=O) groups is 2. The standard InChI is InChI=1S/C16H17Cl2NO3/c1-2-9-4-3-5-13(14(9)16(21)22)15(20)19-12-7-10(17)6-11(18)8-12/h3-4,6-9,13-14H,2,5H2,1H3,(H,19,20)(H,21,22). The number of benzene rings is 1. The fourth-order valence-corrected chi connectivity index (χ4v) is 3.37. The molecule has 1 aliphatic rings. The molecule has 3 atom stereocenters. The molecular weight excluding hydrogens is 325 g/mol. The number of carboxylic acid groups (broad SMARTS) is 1. The summed E-state index contributed by atoms with van der Waals surface area (Å²) < 4.78 is 0. The van der Waals surface area contributed by atoms with Crippen LogP contribution in [0, 0.1) is 17.8 Å². The van der Waals surface area contributed by atoms with Crippen LogP contribution in [0.3, 0.4) is 0 Å². The molecule has 0 spiro atoms. The zero-order valence-electron chi connectivity index (χ0n) is 12.1. The van der Waals surface area contributed by atoms with Crippen molar-refractivity contribution in [2.75, 3.05) is 5.32 Å². The molecule has 6 heteroatoms. The Bertz CT molecular complexity index is 595. The Morgan fingerprint density at radius 2 is 1.91 bits per heavy atom. The van der Waals surface area contributed by atoms with Crippen molar-refractivity contribution < 1.29 is 14.7 Å². The predicted molar refractivity (Wildman–Crippen MR) is 87.2 cm³/mol. The van der Waals surface area contributed by atoms with E-state index < -0.39 is 17.8 Å². The SMILES string of the molecule is CCC1C=CCC(C(=O)Nc2cc(Cl)cc(Cl)c2)C1C(=O)O. The topological polar surface area (TPSA) is 66.4 Å². The number of aliphatic carboxylic acids is 1. The van der Waals surface area contributed by atoms with E-state index in [0.717, 1.165) is 0 Å². The number of allylic oxidation sites excluding steroid dienone is 2. The average molecular weight is 342 g/mol. The number of carboxylic acids is 1. The highest BCUT2D eigenvalue weighted by atomic mass is 35.5. The lowest BCUT2D eigenvalue weighted by Gasteiger charge is -2.30. The minimum absolute atomic E-state index is 0.134. The molecule has 0 radical (unpaired) electrons. The number of carbonyl (C=O) groups excluding carboxylic acids is 1. The van der Waals surface area contributed by atoms with Crippen molar-refractivity contribution >= 4 is 40.8 Å². The van der Waals surface area contributed by atoms with Crippen molar-refractivity contribution in [2.24, 2.45) is 17.8 Å². The maximum Gasteiger partial charge on any atom is 0.307 e. The van der Waals surface area contributed by atoms with Crippen LogP contribution in [0.1, 0.15) is 19.8 Å². The maximum absolute atomic E-state index is 12.5. The van der Waals surface area contributed by atoms with Crippen molar-refractivity contribution in [3.63, 3.8) is 0 Å². The molecule has 2 N–H and O–H groups in total. The minimum atomic E-state index is -0.944. The normalized spacial score (nSPS) is 24.0. The van der Waals surface area contributed by atoms with E-state index in [2.05, 4.69) is 5.32 Å². The molecule has 4 nitrogen and oxygen atoms in total. The molecule has 0 aliphatic heterocycles. The molecule has 0 bridgehead atoms. The van der Waals surface area contributed by atoms with Crippen LogP contribution in [0.5, 0.6) is 0 Å². The van der Waals surface area contributed by atoms with Crippen LogP contribution in [0.15, 0.2) is 30.4 Å². The molecule has 22 heavy (non-hydrogen) atoms. The smallest absolute Gasteiger partial charge is 0.307 e. The molecular formula is C16H17Cl2NO3. The van der Waals surface area contributed by atoms with E-state index in [0.29, 0.717) is 28.6 Å². The highest BCUT2D eigenvalue weighted by molar-refractivity contribution is 6.35. The number of nitrogens with one attached hydrogen (secondary N) is 1. The van der Waals surface area contributed by atoms with Gasteiger partial charge in [0.2, 0.25) is 5.91 Å². The third-order valence-electron chi connectivity index (χ3n) is 3.89. The van der Waals surface area contributed by atoms with Gasteiger partial charge < -0.3 is 10.4 Å². The second-order valence-corrected chi connectivity index (χ2v) is 6.23. The van der Waals surface area contributed by atoms with Gasteiger partial charge in [0, 0.05) is 15.7 Å². The molecule has 0 fully saturated rings. The van der Waals surface area contributed by atoms with Crippen molar-refractivity contribution in [3.05, 3.63) is 40.4 Å². The number of halogens is 2. The first-order valence-electron chi connectivity index (χ1n) is 7.08. The summed E-state index contributed by atoms with van der Waals surface area (Å²) in [5.41, 5.74) is 0.467. The second-order valence-electron chi connectivity index (χ2n) is 5.35. The predicted octanol–water partition coefficient (Wildman–Crippen LogP) is 4.24. The molecule has 118 valence electrons. The first-order valence-corrected chi connectivity index (χ1v) is 7.84. The minimum Gasteiger partial charge on any atom is -0.481 e. The van der Waals surface area contributed by atoms with Crippen molar-refractivity contribution in [1.29, 1.82) is 0 Å². The van der Waals surface area contributed by atoms with Crippen molar-refractivity contribution in [1.82, 2.24) is 0 Å². The van der Waals surface area contributed by atoms with E-state index in [1.807, 2.05) is 19.1 Å². The number of hydrogen-bond donors (Lipinski definition) is 2. The number of hydrogen-bond acceptors (Lipinski definition) is 2. The van der Waals surface area contributed by atoms with Crippen LogP contribution in [0.2, 0.25) is 10.0 Å². The fourth-order valence-electron chi connectivity index (χ4n) is 2.84. The summed E-state index contributed by atoms with van der Waals surface area (Å²) in [4.78, 5) is 24.0. The van der Waals surface area contributed by atoms with Crippen molar-refractivity contribution in [3.8, 4) is 0 Å². The molecule has 0 saturated carbocycles. The van der Waals surface area contributed by atoms with Crippen LogP contribution in [0.25, 0.3) is 0 Å². The largest absolute Gasteiger partial charge is 0.481 e. The quantitative estimate of drug-likeness (QED) is 0.805. The number of anilines is 1.